The van der Waals surface area contributed by atoms with Gasteiger partial charge in [0.15, 0.2) is 5.82 Å². The molecule has 3 aliphatic rings. The summed E-state index contributed by atoms with van der Waals surface area (Å²) >= 11 is 6.06. The summed E-state index contributed by atoms with van der Waals surface area (Å²) in [7, 11) is 0. The van der Waals surface area contributed by atoms with Gasteiger partial charge in [0.2, 0.25) is 0 Å². The minimum Gasteiger partial charge on any atom is -0.433 e. The van der Waals surface area contributed by atoms with E-state index < -0.39 is 6.61 Å². The minimum atomic E-state index is -2.94. The van der Waals surface area contributed by atoms with Crippen LogP contribution in [0, 0.1) is 0 Å². The second kappa shape index (κ2) is 7.81. The number of rotatable bonds is 5. The molecule has 0 saturated carbocycles. The smallest absolute Gasteiger partial charge is 0.387 e. The van der Waals surface area contributed by atoms with Gasteiger partial charge in [0.05, 0.1) is 10.5 Å². The Labute approximate surface area is 176 Å². The van der Waals surface area contributed by atoms with Crippen LogP contribution in [0.4, 0.5) is 26.1 Å². The summed E-state index contributed by atoms with van der Waals surface area (Å²) in [5.41, 5.74) is 1.92. The summed E-state index contributed by atoms with van der Waals surface area (Å²) in [6, 6.07) is 9.34. The lowest BCUT2D eigenvalue weighted by Gasteiger charge is -2.46. The van der Waals surface area contributed by atoms with Crippen molar-refractivity contribution < 1.29 is 13.5 Å². The van der Waals surface area contributed by atoms with Gasteiger partial charge < -0.3 is 20.3 Å². The molecule has 0 amide bonds. The summed E-state index contributed by atoms with van der Waals surface area (Å²) in [6.07, 6.45) is 3.80. The molecule has 2 N–H and O–H groups in total. The van der Waals surface area contributed by atoms with Crippen LogP contribution in [0.25, 0.3) is 11.0 Å². The van der Waals surface area contributed by atoms with Crippen LogP contribution in [0.5, 0.6) is 5.75 Å². The Hall–Kier alpha value is -2.78. The minimum absolute atomic E-state index is 0.0733. The molecular weight excluding hydrogens is 414 g/mol. The third-order valence-corrected chi connectivity index (χ3v) is 5.82. The standard InChI is InChI=1S/C20H19ClF2N6O/c21-14-7-11(2-5-16(14)30-20(22)23)27-19-18-15(25-10-26-19)4-6-17(28-18)29-9-12-1-3-13(29)8-24-12/h2,4-7,10,12-13,20,24H,1,3,8-9H2,(H,25,26,27)/t12-,13?/m0/s1. The molecule has 2 atom stereocenters. The maximum atomic E-state index is 12.4. The quantitative estimate of drug-likeness (QED) is 0.632. The van der Waals surface area contributed by atoms with Crippen molar-refractivity contribution in [2.45, 2.75) is 31.5 Å². The molecule has 7 nitrogen and oxygen atoms in total. The van der Waals surface area contributed by atoms with E-state index in [1.54, 1.807) is 6.07 Å². The van der Waals surface area contributed by atoms with Gasteiger partial charge in [-0.1, -0.05) is 11.6 Å². The maximum Gasteiger partial charge on any atom is 0.387 e. The number of aromatic nitrogens is 3. The number of alkyl halides is 2. The van der Waals surface area contributed by atoms with E-state index in [2.05, 4.69) is 30.2 Å². The predicted octanol–water partition coefficient (Wildman–Crippen LogP) is 3.96. The molecule has 10 heteroatoms. The van der Waals surface area contributed by atoms with Gasteiger partial charge in [-0.25, -0.2) is 15.0 Å². The average molecular weight is 433 g/mol. The topological polar surface area (TPSA) is 75.2 Å². The molecule has 0 radical (unpaired) electrons. The van der Waals surface area contributed by atoms with Crippen molar-refractivity contribution in [2.75, 3.05) is 23.3 Å². The Kier molecular flexibility index (Phi) is 5.00. The molecule has 3 saturated heterocycles. The lowest BCUT2D eigenvalue weighted by molar-refractivity contribution is -0.0497. The first-order valence-corrected chi connectivity index (χ1v) is 10.1. The Morgan fingerprint density at radius 3 is 2.80 bits per heavy atom. The molecule has 2 bridgehead atoms. The van der Waals surface area contributed by atoms with Crippen LogP contribution in [0.1, 0.15) is 12.8 Å². The number of hydrogen-bond donors (Lipinski definition) is 2. The number of piperidine rings is 2. The summed E-state index contributed by atoms with van der Waals surface area (Å²) in [4.78, 5) is 15.8. The summed E-state index contributed by atoms with van der Waals surface area (Å²) in [6.45, 7) is -1.04. The van der Waals surface area contributed by atoms with E-state index >= 15 is 0 Å². The first-order chi connectivity index (χ1) is 14.6. The number of nitrogens with one attached hydrogen (secondary N) is 2. The van der Waals surface area contributed by atoms with Crippen LogP contribution in [-0.4, -0.2) is 46.7 Å². The van der Waals surface area contributed by atoms with Crippen LogP contribution in [0.2, 0.25) is 5.02 Å². The second-order valence-corrected chi connectivity index (χ2v) is 7.80. The number of ether oxygens (including phenoxy) is 1. The Balaban J connectivity index is 1.45. The molecule has 156 valence electrons. The summed E-state index contributed by atoms with van der Waals surface area (Å²) in [5.74, 6) is 1.33. The zero-order chi connectivity index (χ0) is 20.7. The normalized spacial score (nSPS) is 20.7. The van der Waals surface area contributed by atoms with Crippen molar-refractivity contribution in [1.29, 1.82) is 0 Å². The van der Waals surface area contributed by atoms with Gasteiger partial charge in [0.1, 0.15) is 23.4 Å². The van der Waals surface area contributed by atoms with E-state index in [-0.39, 0.29) is 10.8 Å². The first kappa shape index (κ1) is 19.2. The van der Waals surface area contributed by atoms with Crippen LogP contribution in [0.3, 0.4) is 0 Å². The molecule has 5 heterocycles. The van der Waals surface area contributed by atoms with E-state index in [9.17, 15) is 8.78 Å². The second-order valence-electron chi connectivity index (χ2n) is 7.40. The van der Waals surface area contributed by atoms with Crippen LogP contribution in [-0.2, 0) is 0 Å². The number of piperazine rings is 1. The zero-order valence-electron chi connectivity index (χ0n) is 15.9. The SMILES string of the molecule is FC(F)Oc1ccc(Nc2ncnc3ccc(N4C[C@@H]5CCC4CN5)nc23)cc1Cl. The number of hydrogen-bond acceptors (Lipinski definition) is 7. The van der Waals surface area contributed by atoms with Crippen molar-refractivity contribution in [1.82, 2.24) is 20.3 Å². The fourth-order valence-corrected chi connectivity index (χ4v) is 4.30. The van der Waals surface area contributed by atoms with Gasteiger partial charge in [0, 0.05) is 30.9 Å². The number of nitrogens with zero attached hydrogens (tertiary/aromatic N) is 4. The van der Waals surface area contributed by atoms with E-state index in [1.165, 1.54) is 24.9 Å². The van der Waals surface area contributed by atoms with E-state index in [0.29, 0.717) is 34.6 Å². The number of benzene rings is 1. The highest BCUT2D eigenvalue weighted by atomic mass is 35.5. The molecule has 2 aromatic heterocycles. The molecule has 0 aliphatic carbocycles. The molecule has 0 spiro atoms. The van der Waals surface area contributed by atoms with Crippen LogP contribution < -0.4 is 20.3 Å². The third kappa shape index (κ3) is 3.70. The average Bonchev–Trinajstić information content (AvgIpc) is 2.76. The lowest BCUT2D eigenvalue weighted by Crippen LogP contribution is -2.61. The summed E-state index contributed by atoms with van der Waals surface area (Å²) in [5, 5.41) is 6.78. The zero-order valence-corrected chi connectivity index (χ0v) is 16.6. The van der Waals surface area contributed by atoms with Crippen molar-refractivity contribution in [3.05, 3.63) is 41.7 Å². The Bertz CT molecular complexity index is 1080. The van der Waals surface area contributed by atoms with Gasteiger partial charge in [-0.2, -0.15) is 8.78 Å². The van der Waals surface area contributed by atoms with Crippen molar-refractivity contribution >= 4 is 40.0 Å². The highest BCUT2D eigenvalue weighted by molar-refractivity contribution is 6.32. The van der Waals surface area contributed by atoms with Gasteiger partial charge in [0.25, 0.3) is 0 Å². The number of fused-ring (bicyclic) bond motifs is 4. The van der Waals surface area contributed by atoms with Gasteiger partial charge >= 0.3 is 6.61 Å². The lowest BCUT2D eigenvalue weighted by atomic mass is 9.93. The Morgan fingerprint density at radius 1 is 1.20 bits per heavy atom. The molecule has 1 unspecified atom stereocenters. The molecule has 3 fully saturated rings. The highest BCUT2D eigenvalue weighted by Gasteiger charge is 2.34. The van der Waals surface area contributed by atoms with Crippen LogP contribution in [0.15, 0.2) is 36.7 Å². The van der Waals surface area contributed by atoms with Crippen molar-refractivity contribution in [2.24, 2.45) is 0 Å². The first-order valence-electron chi connectivity index (χ1n) is 9.70. The van der Waals surface area contributed by atoms with Crippen LogP contribution >= 0.6 is 11.6 Å². The maximum absolute atomic E-state index is 12.4. The van der Waals surface area contributed by atoms with Crippen molar-refractivity contribution in [3.8, 4) is 5.75 Å². The monoisotopic (exact) mass is 432 g/mol. The molecule has 1 aromatic carbocycles. The molecule has 3 aromatic rings. The fraction of sp³-hybridized carbons (Fsp3) is 0.350. The van der Waals surface area contributed by atoms with Gasteiger partial charge in [-0.3, -0.25) is 0 Å². The van der Waals surface area contributed by atoms with E-state index in [1.807, 2.05) is 12.1 Å². The van der Waals surface area contributed by atoms with Gasteiger partial charge in [-0.05, 0) is 43.2 Å². The number of pyridine rings is 1. The molecular formula is C20H19ClF2N6O. The Morgan fingerprint density at radius 2 is 2.10 bits per heavy atom. The molecule has 30 heavy (non-hydrogen) atoms. The third-order valence-electron chi connectivity index (χ3n) is 5.52. The van der Waals surface area contributed by atoms with Gasteiger partial charge in [-0.15, -0.1) is 0 Å². The fourth-order valence-electron chi connectivity index (χ4n) is 4.08. The summed E-state index contributed by atoms with van der Waals surface area (Å²) < 4.78 is 29.3. The van der Waals surface area contributed by atoms with Crippen molar-refractivity contribution in [3.63, 3.8) is 0 Å². The molecule has 6 rings (SSSR count). The molecule has 3 aliphatic heterocycles. The highest BCUT2D eigenvalue weighted by Crippen LogP contribution is 2.32. The van der Waals surface area contributed by atoms with E-state index in [0.717, 1.165) is 25.3 Å². The largest absolute Gasteiger partial charge is 0.433 e. The number of halogens is 3. The van der Waals surface area contributed by atoms with E-state index in [4.69, 9.17) is 16.6 Å². The predicted molar refractivity (Wildman–Crippen MR) is 111 cm³/mol. The number of anilines is 3.